The summed E-state index contributed by atoms with van der Waals surface area (Å²) in [6.45, 7) is 2.58. The fourth-order valence-electron chi connectivity index (χ4n) is 1.65. The van der Waals surface area contributed by atoms with Crippen LogP contribution in [-0.2, 0) is 6.54 Å². The number of aromatic nitrogens is 2. The van der Waals surface area contributed by atoms with Crippen molar-refractivity contribution in [1.82, 2.24) is 15.1 Å². The highest BCUT2D eigenvalue weighted by atomic mass is 16.2. The van der Waals surface area contributed by atoms with Crippen molar-refractivity contribution in [2.75, 3.05) is 5.32 Å². The Kier molecular flexibility index (Phi) is 3.96. The summed E-state index contributed by atoms with van der Waals surface area (Å²) in [5, 5.41) is 9.72. The van der Waals surface area contributed by atoms with Gasteiger partial charge in [0.1, 0.15) is 0 Å². The van der Waals surface area contributed by atoms with E-state index in [1.807, 2.05) is 49.5 Å². The van der Waals surface area contributed by atoms with Gasteiger partial charge in [-0.2, -0.15) is 5.10 Å². The summed E-state index contributed by atoms with van der Waals surface area (Å²) >= 11 is 0. The van der Waals surface area contributed by atoms with Gasteiger partial charge in [0.05, 0.1) is 6.54 Å². The van der Waals surface area contributed by atoms with Crippen molar-refractivity contribution in [3.63, 3.8) is 0 Å². The fourth-order valence-corrected chi connectivity index (χ4v) is 1.65. The molecule has 0 bridgehead atoms. The van der Waals surface area contributed by atoms with E-state index < -0.39 is 0 Å². The Hall–Kier alpha value is -2.30. The average Bonchev–Trinajstić information content (AvgIpc) is 2.82. The number of carbonyl (C=O) groups excluding carboxylic acids is 1. The molecule has 0 aliphatic rings. The van der Waals surface area contributed by atoms with Crippen molar-refractivity contribution in [2.24, 2.45) is 0 Å². The normalized spacial score (nSPS) is 11.8. The maximum absolute atomic E-state index is 11.7. The monoisotopic (exact) mass is 244 g/mol. The van der Waals surface area contributed by atoms with Crippen LogP contribution < -0.4 is 10.6 Å². The summed E-state index contributed by atoms with van der Waals surface area (Å²) in [4.78, 5) is 11.7. The SMILES string of the molecule is C[C@@H](Cn1cccn1)NC(=O)Nc1ccccc1. The third-order valence-electron chi connectivity index (χ3n) is 2.43. The lowest BCUT2D eigenvalue weighted by Gasteiger charge is -2.14. The Labute approximate surface area is 106 Å². The highest BCUT2D eigenvalue weighted by Crippen LogP contribution is 2.04. The molecule has 18 heavy (non-hydrogen) atoms. The summed E-state index contributed by atoms with van der Waals surface area (Å²) < 4.78 is 1.79. The number of hydrogen-bond acceptors (Lipinski definition) is 2. The van der Waals surface area contributed by atoms with Gasteiger partial charge in [0, 0.05) is 24.1 Å². The standard InChI is InChI=1S/C13H16N4O/c1-11(10-17-9-5-8-14-17)15-13(18)16-12-6-3-2-4-7-12/h2-9,11H,10H2,1H3,(H2,15,16,18)/t11-/m0/s1. The molecule has 0 saturated carbocycles. The van der Waals surface area contributed by atoms with E-state index in [1.165, 1.54) is 0 Å². The van der Waals surface area contributed by atoms with Crippen LogP contribution >= 0.6 is 0 Å². The van der Waals surface area contributed by atoms with Crippen molar-refractivity contribution in [3.05, 3.63) is 48.8 Å². The Balaban J connectivity index is 1.80. The molecule has 0 aliphatic heterocycles. The number of para-hydroxylation sites is 1. The van der Waals surface area contributed by atoms with E-state index in [0.717, 1.165) is 5.69 Å². The summed E-state index contributed by atoms with van der Waals surface area (Å²) in [5.74, 6) is 0. The van der Waals surface area contributed by atoms with Crippen LogP contribution in [0.15, 0.2) is 48.8 Å². The molecule has 1 atom stereocenters. The van der Waals surface area contributed by atoms with Gasteiger partial charge in [0.15, 0.2) is 0 Å². The smallest absolute Gasteiger partial charge is 0.319 e. The number of anilines is 1. The highest BCUT2D eigenvalue weighted by Gasteiger charge is 2.07. The fraction of sp³-hybridized carbons (Fsp3) is 0.231. The second kappa shape index (κ2) is 5.86. The molecular formula is C13H16N4O. The van der Waals surface area contributed by atoms with Crippen LogP contribution in [0.3, 0.4) is 0 Å². The molecule has 5 nitrogen and oxygen atoms in total. The van der Waals surface area contributed by atoms with Gasteiger partial charge in [-0.3, -0.25) is 4.68 Å². The number of benzene rings is 1. The van der Waals surface area contributed by atoms with Crippen LogP contribution in [0.25, 0.3) is 0 Å². The molecule has 2 aromatic rings. The minimum Gasteiger partial charge on any atom is -0.334 e. The molecule has 0 unspecified atom stereocenters. The first kappa shape index (κ1) is 12.2. The lowest BCUT2D eigenvalue weighted by Crippen LogP contribution is -2.38. The van der Waals surface area contributed by atoms with Crippen LogP contribution in [0.4, 0.5) is 10.5 Å². The molecule has 5 heteroatoms. The molecule has 2 amide bonds. The molecule has 0 aliphatic carbocycles. The summed E-state index contributed by atoms with van der Waals surface area (Å²) in [6, 6.07) is 11.0. The Morgan fingerprint density at radius 2 is 2.11 bits per heavy atom. The van der Waals surface area contributed by atoms with Gasteiger partial charge >= 0.3 is 6.03 Å². The Morgan fingerprint density at radius 3 is 2.78 bits per heavy atom. The molecule has 0 fully saturated rings. The third-order valence-corrected chi connectivity index (χ3v) is 2.43. The molecule has 1 aromatic carbocycles. The predicted molar refractivity (Wildman–Crippen MR) is 70.3 cm³/mol. The first-order chi connectivity index (χ1) is 8.74. The number of carbonyl (C=O) groups is 1. The van der Waals surface area contributed by atoms with Crippen LogP contribution in [0.1, 0.15) is 6.92 Å². The van der Waals surface area contributed by atoms with Gasteiger partial charge in [-0.05, 0) is 25.1 Å². The van der Waals surface area contributed by atoms with Gasteiger partial charge in [-0.25, -0.2) is 4.79 Å². The quantitative estimate of drug-likeness (QED) is 0.865. The number of amides is 2. The topological polar surface area (TPSA) is 59.0 Å². The number of nitrogens with zero attached hydrogens (tertiary/aromatic N) is 2. The van der Waals surface area contributed by atoms with Crippen LogP contribution in [0, 0.1) is 0 Å². The molecule has 0 saturated heterocycles. The largest absolute Gasteiger partial charge is 0.334 e. The van der Waals surface area contributed by atoms with E-state index in [2.05, 4.69) is 15.7 Å². The third kappa shape index (κ3) is 3.62. The van der Waals surface area contributed by atoms with Gasteiger partial charge in [0.25, 0.3) is 0 Å². The second-order valence-electron chi connectivity index (χ2n) is 4.09. The van der Waals surface area contributed by atoms with E-state index in [4.69, 9.17) is 0 Å². The molecule has 2 N–H and O–H groups in total. The van der Waals surface area contributed by atoms with Crippen LogP contribution in [-0.4, -0.2) is 21.9 Å². The van der Waals surface area contributed by atoms with E-state index in [0.29, 0.717) is 6.54 Å². The second-order valence-corrected chi connectivity index (χ2v) is 4.09. The molecule has 0 radical (unpaired) electrons. The van der Waals surface area contributed by atoms with E-state index in [-0.39, 0.29) is 12.1 Å². The summed E-state index contributed by atoms with van der Waals surface area (Å²) in [7, 11) is 0. The first-order valence-electron chi connectivity index (χ1n) is 5.84. The van der Waals surface area contributed by atoms with Crippen molar-refractivity contribution < 1.29 is 4.79 Å². The number of hydrogen-bond donors (Lipinski definition) is 2. The molecule has 1 heterocycles. The number of rotatable bonds is 4. The average molecular weight is 244 g/mol. The molecule has 0 spiro atoms. The summed E-state index contributed by atoms with van der Waals surface area (Å²) in [6.07, 6.45) is 3.59. The summed E-state index contributed by atoms with van der Waals surface area (Å²) in [5.41, 5.74) is 0.779. The molecule has 1 aromatic heterocycles. The molecule has 2 rings (SSSR count). The van der Waals surface area contributed by atoms with Crippen LogP contribution in [0.2, 0.25) is 0 Å². The lowest BCUT2D eigenvalue weighted by molar-refractivity contribution is 0.247. The minimum atomic E-state index is -0.208. The highest BCUT2D eigenvalue weighted by molar-refractivity contribution is 5.89. The van der Waals surface area contributed by atoms with Crippen molar-refractivity contribution in [1.29, 1.82) is 0 Å². The zero-order valence-corrected chi connectivity index (χ0v) is 10.2. The first-order valence-corrected chi connectivity index (χ1v) is 5.84. The zero-order chi connectivity index (χ0) is 12.8. The Bertz CT molecular complexity index is 481. The lowest BCUT2D eigenvalue weighted by atomic mass is 10.3. The van der Waals surface area contributed by atoms with Gasteiger partial charge in [-0.15, -0.1) is 0 Å². The minimum absolute atomic E-state index is 0.00797. The van der Waals surface area contributed by atoms with E-state index in [9.17, 15) is 4.79 Å². The Morgan fingerprint density at radius 1 is 1.33 bits per heavy atom. The number of nitrogens with one attached hydrogen (secondary N) is 2. The van der Waals surface area contributed by atoms with Gasteiger partial charge in [0.2, 0.25) is 0 Å². The van der Waals surface area contributed by atoms with Crippen molar-refractivity contribution in [3.8, 4) is 0 Å². The maximum Gasteiger partial charge on any atom is 0.319 e. The molecule has 94 valence electrons. The maximum atomic E-state index is 11.7. The number of urea groups is 1. The predicted octanol–water partition coefficient (Wildman–Crippen LogP) is 2.09. The van der Waals surface area contributed by atoms with E-state index in [1.54, 1.807) is 10.9 Å². The van der Waals surface area contributed by atoms with Crippen molar-refractivity contribution in [2.45, 2.75) is 19.5 Å². The zero-order valence-electron chi connectivity index (χ0n) is 10.2. The van der Waals surface area contributed by atoms with E-state index >= 15 is 0 Å². The van der Waals surface area contributed by atoms with Gasteiger partial charge < -0.3 is 10.6 Å². The van der Waals surface area contributed by atoms with Gasteiger partial charge in [-0.1, -0.05) is 18.2 Å². The van der Waals surface area contributed by atoms with Crippen LogP contribution in [0.5, 0.6) is 0 Å². The molecular weight excluding hydrogens is 228 g/mol. The van der Waals surface area contributed by atoms with Crippen molar-refractivity contribution >= 4 is 11.7 Å².